The highest BCUT2D eigenvalue weighted by atomic mass is 32.2. The highest BCUT2D eigenvalue weighted by Crippen LogP contribution is 2.27. The van der Waals surface area contributed by atoms with Gasteiger partial charge >= 0.3 is 18.1 Å². The molecule has 3 rings (SSSR count). The molecule has 1 aliphatic heterocycles. The van der Waals surface area contributed by atoms with Crippen LogP contribution in [0.15, 0.2) is 47.4 Å². The summed E-state index contributed by atoms with van der Waals surface area (Å²) in [6.45, 7) is 5.77. The van der Waals surface area contributed by atoms with Gasteiger partial charge in [-0.2, -0.15) is 18.4 Å². The third-order valence-corrected chi connectivity index (χ3v) is 7.15. The summed E-state index contributed by atoms with van der Waals surface area (Å²) in [7, 11) is -3.91. The number of nitrogens with zero attached hydrogens (tertiary/aromatic N) is 3. The van der Waals surface area contributed by atoms with E-state index in [4.69, 9.17) is 15.2 Å². The second kappa shape index (κ2) is 13.8. The first-order valence-electron chi connectivity index (χ1n) is 11.9. The summed E-state index contributed by atoms with van der Waals surface area (Å²) in [4.78, 5) is 25.1. The topological polar surface area (TPSA) is 151 Å². The van der Waals surface area contributed by atoms with E-state index < -0.39 is 28.1 Å². The molecule has 14 heteroatoms. The predicted molar refractivity (Wildman–Crippen MR) is 137 cm³/mol. The van der Waals surface area contributed by atoms with Gasteiger partial charge < -0.3 is 15.1 Å². The Kier molecular flexibility index (Phi) is 11.1. The van der Waals surface area contributed by atoms with Gasteiger partial charge in [0.05, 0.1) is 22.2 Å². The summed E-state index contributed by atoms with van der Waals surface area (Å²) in [5, 5.41) is 25.6. The molecule has 3 N–H and O–H groups in total. The lowest BCUT2D eigenvalue weighted by Crippen LogP contribution is -2.46. The smallest absolute Gasteiger partial charge is 0.478 e. The molecule has 0 spiro atoms. The van der Waals surface area contributed by atoms with Crippen LogP contribution in [0.2, 0.25) is 0 Å². The SMILES string of the molecule is CCCc1ccc(S(=O)(=O)Nc2ccc(N3CCN(CCC#N)CC3)cc2C(=O)O)cc1.O=C(O)C(F)(F)F. The fraction of sp³-hybridized carbons (Fsp3) is 0.400. The molecule has 1 aliphatic rings. The molecule has 0 radical (unpaired) electrons. The van der Waals surface area contributed by atoms with Crippen LogP contribution < -0.4 is 9.62 Å². The van der Waals surface area contributed by atoms with E-state index in [2.05, 4.69) is 27.5 Å². The number of nitriles is 1. The Morgan fingerprint density at radius 2 is 1.64 bits per heavy atom. The largest absolute Gasteiger partial charge is 0.490 e. The van der Waals surface area contributed by atoms with Crippen LogP contribution in [0, 0.1) is 11.3 Å². The monoisotopic (exact) mass is 570 g/mol. The second-order valence-corrected chi connectivity index (χ2v) is 10.3. The molecule has 1 fully saturated rings. The molecular formula is C25H29F3N4O6S. The average molecular weight is 571 g/mol. The maximum Gasteiger partial charge on any atom is 0.490 e. The molecule has 0 bridgehead atoms. The number of nitrogens with one attached hydrogen (secondary N) is 1. The fourth-order valence-corrected chi connectivity index (χ4v) is 4.84. The van der Waals surface area contributed by atoms with Crippen molar-refractivity contribution in [1.82, 2.24) is 4.90 Å². The Balaban J connectivity index is 0.000000673. The molecule has 0 atom stereocenters. The van der Waals surface area contributed by atoms with Gasteiger partial charge in [-0.1, -0.05) is 25.5 Å². The number of piperazine rings is 1. The highest BCUT2D eigenvalue weighted by Gasteiger charge is 2.38. The fourth-order valence-electron chi connectivity index (χ4n) is 3.76. The first-order valence-corrected chi connectivity index (χ1v) is 13.4. The van der Waals surface area contributed by atoms with Gasteiger partial charge in [-0.15, -0.1) is 0 Å². The minimum atomic E-state index is -5.08. The first-order chi connectivity index (χ1) is 18.3. The van der Waals surface area contributed by atoms with Crippen molar-refractivity contribution >= 4 is 33.3 Å². The number of sulfonamides is 1. The number of carbonyl (C=O) groups is 2. The van der Waals surface area contributed by atoms with E-state index in [1.165, 1.54) is 24.3 Å². The first kappa shape index (κ1) is 31.4. The molecular weight excluding hydrogens is 541 g/mol. The lowest BCUT2D eigenvalue weighted by Gasteiger charge is -2.36. The van der Waals surface area contributed by atoms with Crippen molar-refractivity contribution in [1.29, 1.82) is 5.26 Å². The lowest BCUT2D eigenvalue weighted by molar-refractivity contribution is -0.192. The highest BCUT2D eigenvalue weighted by molar-refractivity contribution is 7.92. The maximum absolute atomic E-state index is 12.8. The third-order valence-electron chi connectivity index (χ3n) is 5.77. The quantitative estimate of drug-likeness (QED) is 0.409. The number of rotatable bonds is 9. The molecule has 39 heavy (non-hydrogen) atoms. The molecule has 10 nitrogen and oxygen atoms in total. The lowest BCUT2D eigenvalue weighted by atomic mass is 10.1. The number of aryl methyl sites for hydroxylation is 1. The van der Waals surface area contributed by atoms with Gasteiger partial charge in [0.25, 0.3) is 10.0 Å². The second-order valence-electron chi connectivity index (χ2n) is 8.57. The van der Waals surface area contributed by atoms with Crippen molar-refractivity contribution in [3.05, 3.63) is 53.6 Å². The van der Waals surface area contributed by atoms with Crippen molar-refractivity contribution < 1.29 is 41.4 Å². The molecule has 1 heterocycles. The van der Waals surface area contributed by atoms with Crippen molar-refractivity contribution in [3.8, 4) is 6.07 Å². The molecule has 0 saturated carbocycles. The summed E-state index contributed by atoms with van der Waals surface area (Å²) < 4.78 is 59.8. The molecule has 212 valence electrons. The number of aliphatic carboxylic acids is 1. The van der Waals surface area contributed by atoms with Gasteiger partial charge in [0.15, 0.2) is 0 Å². The van der Waals surface area contributed by atoms with Crippen molar-refractivity contribution in [2.24, 2.45) is 0 Å². The van der Waals surface area contributed by atoms with Crippen LogP contribution in [0.5, 0.6) is 0 Å². The Morgan fingerprint density at radius 1 is 1.05 bits per heavy atom. The van der Waals surface area contributed by atoms with Crippen molar-refractivity contribution in [3.63, 3.8) is 0 Å². The number of carboxylic acid groups (broad SMARTS) is 2. The van der Waals surface area contributed by atoms with Crippen LogP contribution in [0.4, 0.5) is 24.5 Å². The maximum atomic E-state index is 12.8. The zero-order valence-corrected chi connectivity index (χ0v) is 21.9. The molecule has 0 aromatic heterocycles. The Labute approximate surface area is 224 Å². The number of anilines is 2. The number of aromatic carboxylic acids is 1. The van der Waals surface area contributed by atoms with Crippen LogP contribution in [-0.2, 0) is 21.2 Å². The van der Waals surface area contributed by atoms with Crippen molar-refractivity contribution in [2.75, 3.05) is 42.3 Å². The van der Waals surface area contributed by atoms with Crippen LogP contribution in [0.1, 0.15) is 35.7 Å². The normalized spacial score (nSPS) is 14.1. The standard InChI is InChI=1S/C23H28N4O4S.C2HF3O2/c1-2-4-18-5-8-20(9-6-18)32(30,31)25-22-10-7-19(17-21(22)23(28)29)27-15-13-26(14-16-27)12-3-11-24;3-2(4,5)1(6)7/h5-10,17,25H,2-4,12-16H2,1H3,(H,28,29);(H,6,7). The molecule has 2 aromatic carbocycles. The Morgan fingerprint density at radius 3 is 2.13 bits per heavy atom. The number of halogens is 3. The van der Waals surface area contributed by atoms with Crippen LogP contribution in [0.25, 0.3) is 0 Å². The van der Waals surface area contributed by atoms with Gasteiger partial charge in [0.2, 0.25) is 0 Å². The van der Waals surface area contributed by atoms with E-state index in [9.17, 15) is 31.5 Å². The molecule has 2 aromatic rings. The van der Waals surface area contributed by atoms with E-state index >= 15 is 0 Å². The van der Waals surface area contributed by atoms with Gasteiger partial charge in [0.1, 0.15) is 0 Å². The van der Waals surface area contributed by atoms with Crippen LogP contribution in [0.3, 0.4) is 0 Å². The Hall–Kier alpha value is -3.83. The molecule has 0 aliphatic carbocycles. The van der Waals surface area contributed by atoms with E-state index in [1.54, 1.807) is 18.2 Å². The third kappa shape index (κ3) is 9.45. The van der Waals surface area contributed by atoms with Crippen molar-refractivity contribution in [2.45, 2.75) is 37.3 Å². The molecule has 1 saturated heterocycles. The van der Waals surface area contributed by atoms with E-state index in [-0.39, 0.29) is 16.1 Å². The number of hydrogen-bond acceptors (Lipinski definition) is 7. The minimum absolute atomic E-state index is 0.0338. The molecule has 0 unspecified atom stereocenters. The predicted octanol–water partition coefficient (Wildman–Crippen LogP) is 3.81. The summed E-state index contributed by atoms with van der Waals surface area (Å²) in [6.07, 6.45) is -2.77. The zero-order valence-electron chi connectivity index (χ0n) is 21.1. The summed E-state index contributed by atoms with van der Waals surface area (Å²) in [5.74, 6) is -3.96. The number of benzene rings is 2. The van der Waals surface area contributed by atoms with Gasteiger partial charge in [-0.3, -0.25) is 9.62 Å². The minimum Gasteiger partial charge on any atom is -0.478 e. The number of alkyl halides is 3. The number of carboxylic acids is 2. The van der Waals surface area contributed by atoms with E-state index in [0.29, 0.717) is 19.5 Å². The average Bonchev–Trinajstić information content (AvgIpc) is 2.88. The van der Waals surface area contributed by atoms with Gasteiger partial charge in [-0.05, 0) is 42.3 Å². The molecule has 0 amide bonds. The van der Waals surface area contributed by atoms with E-state index in [0.717, 1.165) is 43.7 Å². The van der Waals surface area contributed by atoms with Gasteiger partial charge in [0, 0.05) is 44.8 Å². The summed E-state index contributed by atoms with van der Waals surface area (Å²) in [5.41, 5.74) is 1.72. The van der Waals surface area contributed by atoms with Gasteiger partial charge in [-0.25, -0.2) is 18.0 Å². The van der Waals surface area contributed by atoms with E-state index in [1.807, 2.05) is 0 Å². The Bertz CT molecular complexity index is 1290. The van der Waals surface area contributed by atoms with Crippen LogP contribution >= 0.6 is 0 Å². The zero-order chi connectivity index (χ0) is 29.2. The van der Waals surface area contributed by atoms with Crippen LogP contribution in [-0.4, -0.2) is 74.4 Å². The summed E-state index contributed by atoms with van der Waals surface area (Å²) in [6, 6.07) is 13.5. The summed E-state index contributed by atoms with van der Waals surface area (Å²) >= 11 is 0. The number of hydrogen-bond donors (Lipinski definition) is 3.